The molecule has 5 nitrogen and oxygen atoms in total. The van der Waals surface area contributed by atoms with Gasteiger partial charge >= 0.3 is 0 Å². The van der Waals surface area contributed by atoms with Crippen molar-refractivity contribution in [3.05, 3.63) is 0 Å². The Morgan fingerprint density at radius 2 is 1.92 bits per heavy atom. The van der Waals surface area contributed by atoms with Crippen molar-refractivity contribution in [2.45, 2.75) is 20.0 Å². The van der Waals surface area contributed by atoms with Gasteiger partial charge in [-0.15, -0.1) is 0 Å². The second kappa shape index (κ2) is 5.66. The summed E-state index contributed by atoms with van der Waals surface area (Å²) in [6, 6.07) is 0. The number of Topliss-reactive ketones (excluding diaryl/α,β-unsaturated/α-hetero) is 1. The van der Waals surface area contributed by atoms with E-state index in [1.807, 2.05) is 0 Å². The fourth-order valence-electron chi connectivity index (χ4n) is 0.624. The number of carbonyl (C=O) groups is 2. The first-order valence-electron chi connectivity index (χ1n) is 4.10. The summed E-state index contributed by atoms with van der Waals surface area (Å²) in [5.74, 6) is -1.60. The van der Waals surface area contributed by atoms with Crippen LogP contribution in [0, 0.1) is 5.92 Å². The van der Waals surface area contributed by atoms with Gasteiger partial charge in [0.1, 0.15) is 0 Å². The molecular weight excluding hydrogens is 174 g/mol. The zero-order valence-electron chi connectivity index (χ0n) is 7.78. The Hall–Kier alpha value is -0.940. The largest absolute Gasteiger partial charge is 0.394 e. The van der Waals surface area contributed by atoms with E-state index in [1.165, 1.54) is 0 Å². The minimum absolute atomic E-state index is 0.103. The Morgan fingerprint density at radius 3 is 2.31 bits per heavy atom. The summed E-state index contributed by atoms with van der Waals surface area (Å²) in [6.45, 7) is 2.69. The number of hydrogen-bond acceptors (Lipinski definition) is 4. The molecule has 0 aromatic carbocycles. The maximum atomic E-state index is 11.0. The Bertz CT molecular complexity index is 191. The first-order valence-corrected chi connectivity index (χ1v) is 4.10. The highest BCUT2D eigenvalue weighted by Gasteiger charge is 2.17. The van der Waals surface area contributed by atoms with E-state index in [2.05, 4.69) is 5.32 Å². The lowest BCUT2D eigenvalue weighted by Gasteiger charge is -2.09. The molecule has 1 atom stereocenters. The number of aliphatic hydroxyl groups is 2. The highest BCUT2D eigenvalue weighted by molar-refractivity contribution is 6.36. The highest BCUT2D eigenvalue weighted by atomic mass is 16.3. The van der Waals surface area contributed by atoms with Gasteiger partial charge in [-0.1, -0.05) is 13.8 Å². The highest BCUT2D eigenvalue weighted by Crippen LogP contribution is 1.93. The van der Waals surface area contributed by atoms with Crippen LogP contribution in [0.2, 0.25) is 0 Å². The van der Waals surface area contributed by atoms with Gasteiger partial charge in [0.05, 0.1) is 12.7 Å². The quantitative estimate of drug-likeness (QED) is 0.468. The van der Waals surface area contributed by atoms with Crippen LogP contribution < -0.4 is 5.32 Å². The van der Waals surface area contributed by atoms with E-state index in [0.717, 1.165) is 0 Å². The molecule has 0 aliphatic heterocycles. The van der Waals surface area contributed by atoms with Gasteiger partial charge < -0.3 is 15.5 Å². The first kappa shape index (κ1) is 12.1. The summed E-state index contributed by atoms with van der Waals surface area (Å²) in [7, 11) is 0. The van der Waals surface area contributed by atoms with Crippen LogP contribution in [0.3, 0.4) is 0 Å². The number of hydrogen-bond donors (Lipinski definition) is 3. The summed E-state index contributed by atoms with van der Waals surface area (Å²) in [5, 5.41) is 19.5. The number of amides is 1. The van der Waals surface area contributed by atoms with Crippen molar-refractivity contribution in [3.8, 4) is 0 Å². The average molecular weight is 189 g/mol. The molecule has 0 radical (unpaired) electrons. The lowest BCUT2D eigenvalue weighted by molar-refractivity contribution is -0.139. The molecule has 76 valence electrons. The maximum Gasteiger partial charge on any atom is 0.287 e. The molecule has 0 aliphatic rings. The summed E-state index contributed by atoms with van der Waals surface area (Å²) in [4.78, 5) is 21.9. The van der Waals surface area contributed by atoms with Crippen molar-refractivity contribution in [3.63, 3.8) is 0 Å². The van der Waals surface area contributed by atoms with E-state index in [4.69, 9.17) is 10.2 Å². The van der Waals surface area contributed by atoms with Crippen LogP contribution in [0.5, 0.6) is 0 Å². The Morgan fingerprint density at radius 1 is 1.38 bits per heavy atom. The van der Waals surface area contributed by atoms with Gasteiger partial charge in [-0.2, -0.15) is 0 Å². The molecule has 5 heteroatoms. The van der Waals surface area contributed by atoms with Crippen LogP contribution in [0.25, 0.3) is 0 Å². The topological polar surface area (TPSA) is 86.6 Å². The molecule has 0 fully saturated rings. The van der Waals surface area contributed by atoms with Gasteiger partial charge in [0.25, 0.3) is 5.91 Å². The third-order valence-electron chi connectivity index (χ3n) is 1.46. The third kappa shape index (κ3) is 4.59. The molecular formula is C8H15NO4. The summed E-state index contributed by atoms with van der Waals surface area (Å²) in [6.07, 6.45) is -1.01. The Kier molecular flexibility index (Phi) is 5.25. The fourth-order valence-corrected chi connectivity index (χ4v) is 0.624. The van der Waals surface area contributed by atoms with E-state index in [9.17, 15) is 9.59 Å². The van der Waals surface area contributed by atoms with Gasteiger partial charge in [0.2, 0.25) is 5.78 Å². The van der Waals surface area contributed by atoms with E-state index in [0.29, 0.717) is 0 Å². The second-order valence-corrected chi connectivity index (χ2v) is 3.07. The molecule has 0 heterocycles. The molecule has 3 N–H and O–H groups in total. The summed E-state index contributed by atoms with van der Waals surface area (Å²) < 4.78 is 0. The number of nitrogens with one attached hydrogen (secondary N) is 1. The number of aliphatic hydroxyl groups excluding tert-OH is 2. The van der Waals surface area contributed by atoms with Crippen LogP contribution in [0.4, 0.5) is 0 Å². The minimum atomic E-state index is -1.01. The van der Waals surface area contributed by atoms with Gasteiger partial charge in [-0.3, -0.25) is 9.59 Å². The Balaban J connectivity index is 3.81. The molecule has 0 aromatic heterocycles. The molecule has 0 spiro atoms. The normalized spacial score (nSPS) is 12.7. The standard InChI is InChI=1S/C8H15NO4/c1-5(2)7(12)8(13)9-3-6(11)4-10/h5-6,10-11H,3-4H2,1-2H3,(H,9,13)/t6-/m1/s1. The van der Waals surface area contributed by atoms with Crippen LogP contribution in [-0.2, 0) is 9.59 Å². The second-order valence-electron chi connectivity index (χ2n) is 3.07. The molecule has 0 unspecified atom stereocenters. The monoisotopic (exact) mass is 189 g/mol. The van der Waals surface area contributed by atoms with Crippen molar-refractivity contribution in [2.75, 3.05) is 13.2 Å². The van der Waals surface area contributed by atoms with Gasteiger partial charge in [-0.25, -0.2) is 0 Å². The molecule has 1 amide bonds. The lowest BCUT2D eigenvalue weighted by atomic mass is 10.1. The Labute approximate surface area is 76.8 Å². The van der Waals surface area contributed by atoms with Crippen molar-refractivity contribution in [2.24, 2.45) is 5.92 Å². The zero-order valence-corrected chi connectivity index (χ0v) is 7.78. The summed E-state index contributed by atoms with van der Waals surface area (Å²) in [5.41, 5.74) is 0. The van der Waals surface area contributed by atoms with Gasteiger partial charge in [0, 0.05) is 12.5 Å². The van der Waals surface area contributed by atoms with Crippen molar-refractivity contribution < 1.29 is 19.8 Å². The molecule has 0 aromatic rings. The maximum absolute atomic E-state index is 11.0. The zero-order chi connectivity index (χ0) is 10.4. The number of ketones is 1. The van der Waals surface area contributed by atoms with Crippen LogP contribution in [0.1, 0.15) is 13.8 Å². The predicted octanol–water partition coefficient (Wildman–Crippen LogP) is -1.32. The summed E-state index contributed by atoms with van der Waals surface area (Å²) >= 11 is 0. The van der Waals surface area contributed by atoms with Gasteiger partial charge in [0.15, 0.2) is 0 Å². The third-order valence-corrected chi connectivity index (χ3v) is 1.46. The SMILES string of the molecule is CC(C)C(=O)C(=O)NC[C@@H](O)CO. The average Bonchev–Trinajstić information content (AvgIpc) is 2.11. The van der Waals surface area contributed by atoms with Crippen LogP contribution >= 0.6 is 0 Å². The minimum Gasteiger partial charge on any atom is -0.394 e. The molecule has 0 saturated heterocycles. The predicted molar refractivity (Wildman–Crippen MR) is 45.9 cm³/mol. The van der Waals surface area contributed by atoms with Gasteiger partial charge in [-0.05, 0) is 0 Å². The number of rotatable bonds is 5. The van der Waals surface area contributed by atoms with E-state index >= 15 is 0 Å². The smallest absolute Gasteiger partial charge is 0.287 e. The fraction of sp³-hybridized carbons (Fsp3) is 0.750. The van der Waals surface area contributed by atoms with Crippen molar-refractivity contribution in [1.82, 2.24) is 5.32 Å². The van der Waals surface area contributed by atoms with E-state index < -0.39 is 24.4 Å². The molecule has 0 saturated carbocycles. The van der Waals surface area contributed by atoms with Crippen molar-refractivity contribution in [1.29, 1.82) is 0 Å². The van der Waals surface area contributed by atoms with E-state index in [1.54, 1.807) is 13.8 Å². The van der Waals surface area contributed by atoms with Crippen LogP contribution in [-0.4, -0.2) is 41.2 Å². The van der Waals surface area contributed by atoms with Crippen LogP contribution in [0.15, 0.2) is 0 Å². The first-order chi connectivity index (χ1) is 5.99. The lowest BCUT2D eigenvalue weighted by Crippen LogP contribution is -2.39. The molecule has 13 heavy (non-hydrogen) atoms. The molecule has 0 aliphatic carbocycles. The number of carbonyl (C=O) groups excluding carboxylic acids is 2. The molecule has 0 bridgehead atoms. The molecule has 0 rings (SSSR count). The van der Waals surface area contributed by atoms with E-state index in [-0.39, 0.29) is 12.5 Å². The van der Waals surface area contributed by atoms with Crippen molar-refractivity contribution >= 4 is 11.7 Å².